The van der Waals surface area contributed by atoms with Crippen molar-refractivity contribution in [2.45, 2.75) is 13.5 Å². The first-order valence-electron chi connectivity index (χ1n) is 5.34. The van der Waals surface area contributed by atoms with Crippen LogP contribution in [0.3, 0.4) is 0 Å². The Morgan fingerprint density at radius 3 is 2.84 bits per heavy atom. The number of hydrogen-bond donors (Lipinski definition) is 0. The average molecular weight is 265 g/mol. The Bertz CT molecular complexity index is 596. The van der Waals surface area contributed by atoms with Crippen molar-refractivity contribution in [2.75, 3.05) is 7.11 Å². The number of nitro benzene ring substituents is 1. The third kappa shape index (κ3) is 2.97. The second-order valence-electron chi connectivity index (χ2n) is 3.61. The van der Waals surface area contributed by atoms with Gasteiger partial charge >= 0.3 is 5.69 Å². The van der Waals surface area contributed by atoms with Crippen molar-refractivity contribution < 1.29 is 18.9 Å². The van der Waals surface area contributed by atoms with Gasteiger partial charge < -0.3 is 14.0 Å². The van der Waals surface area contributed by atoms with Gasteiger partial charge in [-0.3, -0.25) is 10.1 Å². The molecule has 0 amide bonds. The summed E-state index contributed by atoms with van der Waals surface area (Å²) in [7, 11) is 1.43. The largest absolute Gasteiger partial charge is 0.496 e. The lowest BCUT2D eigenvalue weighted by molar-refractivity contribution is -0.386. The minimum Gasteiger partial charge on any atom is -0.496 e. The molecule has 0 radical (unpaired) electrons. The van der Waals surface area contributed by atoms with E-state index in [1.807, 2.05) is 0 Å². The van der Waals surface area contributed by atoms with E-state index < -0.39 is 4.92 Å². The van der Waals surface area contributed by atoms with E-state index >= 15 is 0 Å². The fourth-order valence-corrected chi connectivity index (χ4v) is 1.43. The molecule has 1 aromatic heterocycles. The number of aromatic nitrogens is 2. The van der Waals surface area contributed by atoms with Gasteiger partial charge in [0, 0.05) is 0 Å². The van der Waals surface area contributed by atoms with Crippen LogP contribution in [0.25, 0.3) is 0 Å². The number of hydrogen-bond acceptors (Lipinski definition) is 7. The predicted octanol–water partition coefficient (Wildman–Crippen LogP) is 1.87. The summed E-state index contributed by atoms with van der Waals surface area (Å²) < 4.78 is 15.1. The third-order valence-electron chi connectivity index (χ3n) is 2.28. The van der Waals surface area contributed by atoms with Gasteiger partial charge in [-0.2, -0.15) is 4.98 Å². The molecule has 0 aliphatic heterocycles. The van der Waals surface area contributed by atoms with Crippen LogP contribution in [0.5, 0.6) is 11.5 Å². The Balaban J connectivity index is 2.17. The van der Waals surface area contributed by atoms with Crippen molar-refractivity contribution in [2.24, 2.45) is 0 Å². The van der Waals surface area contributed by atoms with Gasteiger partial charge in [-0.05, 0) is 19.1 Å². The molecule has 8 heteroatoms. The fraction of sp³-hybridized carbons (Fsp3) is 0.273. The fourth-order valence-electron chi connectivity index (χ4n) is 1.43. The van der Waals surface area contributed by atoms with E-state index in [0.717, 1.165) is 0 Å². The van der Waals surface area contributed by atoms with Gasteiger partial charge in [0.25, 0.3) is 5.89 Å². The highest BCUT2D eigenvalue weighted by molar-refractivity contribution is 5.50. The molecule has 8 nitrogen and oxygen atoms in total. The van der Waals surface area contributed by atoms with Crippen LogP contribution in [0.1, 0.15) is 11.7 Å². The minimum absolute atomic E-state index is 0.0337. The molecule has 0 bridgehead atoms. The van der Waals surface area contributed by atoms with E-state index in [2.05, 4.69) is 10.1 Å². The summed E-state index contributed by atoms with van der Waals surface area (Å²) in [5, 5.41) is 14.5. The topological polar surface area (TPSA) is 101 Å². The Morgan fingerprint density at radius 2 is 2.26 bits per heavy atom. The van der Waals surface area contributed by atoms with Crippen molar-refractivity contribution in [3.8, 4) is 11.5 Å². The van der Waals surface area contributed by atoms with Crippen molar-refractivity contribution in [3.63, 3.8) is 0 Å². The van der Waals surface area contributed by atoms with Gasteiger partial charge in [0.15, 0.2) is 18.2 Å². The van der Waals surface area contributed by atoms with Gasteiger partial charge in [-0.25, -0.2) is 0 Å². The minimum atomic E-state index is -0.545. The van der Waals surface area contributed by atoms with E-state index in [0.29, 0.717) is 11.6 Å². The van der Waals surface area contributed by atoms with Crippen molar-refractivity contribution in [3.05, 3.63) is 40.0 Å². The van der Waals surface area contributed by atoms with Crippen LogP contribution >= 0.6 is 0 Å². The summed E-state index contributed by atoms with van der Waals surface area (Å²) >= 11 is 0. The Kier molecular flexibility index (Phi) is 3.60. The van der Waals surface area contributed by atoms with Gasteiger partial charge in [-0.15, -0.1) is 0 Å². The molecule has 0 spiro atoms. The molecule has 1 aromatic carbocycles. The smallest absolute Gasteiger partial charge is 0.314 e. The summed E-state index contributed by atoms with van der Waals surface area (Å²) in [5.41, 5.74) is -0.185. The van der Waals surface area contributed by atoms with E-state index in [-0.39, 0.29) is 23.9 Å². The normalized spacial score (nSPS) is 10.2. The maximum Gasteiger partial charge on any atom is 0.314 e. The summed E-state index contributed by atoms with van der Waals surface area (Å²) in [4.78, 5) is 14.3. The maximum absolute atomic E-state index is 10.9. The van der Waals surface area contributed by atoms with Crippen molar-refractivity contribution in [1.82, 2.24) is 10.1 Å². The summed E-state index contributed by atoms with van der Waals surface area (Å²) in [6, 6.07) is 4.32. The van der Waals surface area contributed by atoms with Crippen LogP contribution in [0.15, 0.2) is 22.7 Å². The highest BCUT2D eigenvalue weighted by Gasteiger charge is 2.17. The lowest BCUT2D eigenvalue weighted by Gasteiger charge is -2.05. The van der Waals surface area contributed by atoms with E-state index in [4.69, 9.17) is 14.0 Å². The third-order valence-corrected chi connectivity index (χ3v) is 2.28. The first kappa shape index (κ1) is 12.8. The summed E-state index contributed by atoms with van der Waals surface area (Å²) in [5.74, 6) is 1.22. The van der Waals surface area contributed by atoms with Gasteiger partial charge in [-0.1, -0.05) is 5.16 Å². The van der Waals surface area contributed by atoms with Crippen LogP contribution in [-0.2, 0) is 6.61 Å². The predicted molar refractivity (Wildman–Crippen MR) is 63.0 cm³/mol. The van der Waals surface area contributed by atoms with Gasteiger partial charge in [0.1, 0.15) is 5.75 Å². The number of nitro groups is 1. The molecule has 0 N–H and O–H groups in total. The van der Waals surface area contributed by atoms with Gasteiger partial charge in [0.2, 0.25) is 0 Å². The SMILES string of the molecule is COc1ccc(OCc2nc(C)no2)c([N+](=O)[O-])c1. The Morgan fingerprint density at radius 1 is 1.47 bits per heavy atom. The molecule has 1 heterocycles. The van der Waals surface area contributed by atoms with Gasteiger partial charge in [0.05, 0.1) is 18.1 Å². The zero-order valence-electron chi connectivity index (χ0n) is 10.3. The molecule has 0 aliphatic rings. The molecule has 0 fully saturated rings. The number of aryl methyl sites for hydroxylation is 1. The van der Waals surface area contributed by atoms with E-state index in [9.17, 15) is 10.1 Å². The van der Waals surface area contributed by atoms with E-state index in [1.165, 1.54) is 19.2 Å². The molecule has 0 saturated carbocycles. The van der Waals surface area contributed by atoms with Crippen molar-refractivity contribution in [1.29, 1.82) is 0 Å². The number of methoxy groups -OCH3 is 1. The number of nitrogens with zero attached hydrogens (tertiary/aromatic N) is 3. The van der Waals surface area contributed by atoms with Crippen molar-refractivity contribution >= 4 is 5.69 Å². The Labute approximate surface area is 108 Å². The first-order valence-corrected chi connectivity index (χ1v) is 5.34. The average Bonchev–Trinajstić information content (AvgIpc) is 2.82. The lowest BCUT2D eigenvalue weighted by atomic mass is 10.3. The molecule has 2 aromatic rings. The summed E-state index contributed by atoms with van der Waals surface area (Å²) in [6.45, 7) is 1.64. The second-order valence-corrected chi connectivity index (χ2v) is 3.61. The molecule has 0 aliphatic carbocycles. The molecule has 19 heavy (non-hydrogen) atoms. The quantitative estimate of drug-likeness (QED) is 0.600. The molecule has 0 atom stereocenters. The zero-order valence-corrected chi connectivity index (χ0v) is 10.3. The van der Waals surface area contributed by atoms with Crippen LogP contribution < -0.4 is 9.47 Å². The summed E-state index contributed by atoms with van der Waals surface area (Å²) in [6.07, 6.45) is 0. The number of benzene rings is 1. The molecular formula is C11H11N3O5. The highest BCUT2D eigenvalue weighted by atomic mass is 16.6. The maximum atomic E-state index is 10.9. The van der Waals surface area contributed by atoms with E-state index in [1.54, 1.807) is 13.0 Å². The lowest BCUT2D eigenvalue weighted by Crippen LogP contribution is -2.00. The second kappa shape index (κ2) is 5.34. The number of rotatable bonds is 5. The molecule has 0 unspecified atom stereocenters. The first-order chi connectivity index (χ1) is 9.10. The molecule has 2 rings (SSSR count). The van der Waals surface area contributed by atoms with Crippen LogP contribution in [0.4, 0.5) is 5.69 Å². The highest BCUT2D eigenvalue weighted by Crippen LogP contribution is 2.31. The standard InChI is InChI=1S/C11H11N3O5/c1-7-12-11(19-13-7)6-18-10-4-3-8(17-2)5-9(10)14(15)16/h3-5H,6H2,1-2H3. The number of ether oxygens (including phenoxy) is 2. The monoisotopic (exact) mass is 265 g/mol. The van der Waals surface area contributed by atoms with Crippen LogP contribution in [-0.4, -0.2) is 22.2 Å². The zero-order chi connectivity index (χ0) is 13.8. The molecule has 100 valence electrons. The van der Waals surface area contributed by atoms with Crippen LogP contribution in [0.2, 0.25) is 0 Å². The van der Waals surface area contributed by atoms with Crippen LogP contribution in [0, 0.1) is 17.0 Å². The Hall–Kier alpha value is -2.64. The molecular weight excluding hydrogens is 254 g/mol. The molecule has 0 saturated heterocycles.